The minimum atomic E-state index is -1.24. The molecule has 0 bridgehead atoms. The van der Waals surface area contributed by atoms with Crippen LogP contribution >= 0.6 is 0 Å². The third kappa shape index (κ3) is 2.57. The van der Waals surface area contributed by atoms with E-state index in [4.69, 9.17) is 4.42 Å². The SMILES string of the molecule is O=C(c1cc(-c2ccco2)[nH]n1)N1C[C@H]2CC[C@](O)(c3ccccc3F)[C@H]2C1. The number of benzene rings is 1. The molecule has 28 heavy (non-hydrogen) atoms. The summed E-state index contributed by atoms with van der Waals surface area (Å²) in [5.74, 6) is -0.0159. The van der Waals surface area contributed by atoms with E-state index < -0.39 is 11.4 Å². The molecular weight excluding hydrogens is 361 g/mol. The number of nitrogens with zero attached hydrogens (tertiary/aromatic N) is 2. The molecule has 1 aliphatic heterocycles. The number of furan rings is 1. The van der Waals surface area contributed by atoms with Crippen LogP contribution in [0.1, 0.15) is 28.9 Å². The number of rotatable bonds is 3. The summed E-state index contributed by atoms with van der Waals surface area (Å²) >= 11 is 0. The van der Waals surface area contributed by atoms with Crippen molar-refractivity contribution in [3.63, 3.8) is 0 Å². The quantitative estimate of drug-likeness (QED) is 0.730. The van der Waals surface area contributed by atoms with E-state index in [1.807, 2.05) is 0 Å². The molecule has 1 aliphatic carbocycles. The fourth-order valence-electron chi connectivity index (χ4n) is 4.76. The number of carbonyl (C=O) groups excluding carboxylic acids is 1. The Labute approximate surface area is 161 Å². The van der Waals surface area contributed by atoms with E-state index in [2.05, 4.69) is 10.2 Å². The first-order valence-corrected chi connectivity index (χ1v) is 9.42. The molecule has 1 saturated heterocycles. The first-order valence-electron chi connectivity index (χ1n) is 9.42. The van der Waals surface area contributed by atoms with Crippen LogP contribution in [-0.2, 0) is 5.60 Å². The number of hydrogen-bond acceptors (Lipinski definition) is 4. The van der Waals surface area contributed by atoms with E-state index in [1.54, 1.807) is 47.6 Å². The van der Waals surface area contributed by atoms with Crippen LogP contribution in [0.25, 0.3) is 11.5 Å². The Balaban J connectivity index is 1.37. The zero-order chi connectivity index (χ0) is 19.3. The molecule has 2 aliphatic rings. The van der Waals surface area contributed by atoms with Gasteiger partial charge >= 0.3 is 0 Å². The van der Waals surface area contributed by atoms with Crippen molar-refractivity contribution in [1.82, 2.24) is 15.1 Å². The van der Waals surface area contributed by atoms with Gasteiger partial charge in [-0.2, -0.15) is 5.10 Å². The molecule has 2 fully saturated rings. The van der Waals surface area contributed by atoms with Crippen LogP contribution in [0.5, 0.6) is 0 Å². The van der Waals surface area contributed by atoms with E-state index >= 15 is 0 Å². The molecule has 6 nitrogen and oxygen atoms in total. The second-order valence-corrected chi connectivity index (χ2v) is 7.66. The molecule has 7 heteroatoms. The van der Waals surface area contributed by atoms with Gasteiger partial charge in [0, 0.05) is 30.6 Å². The molecular formula is C21H20FN3O3. The third-order valence-electron chi connectivity index (χ3n) is 6.16. The number of nitrogens with one attached hydrogen (secondary N) is 1. The van der Waals surface area contributed by atoms with Crippen molar-refractivity contribution < 1.29 is 18.7 Å². The summed E-state index contributed by atoms with van der Waals surface area (Å²) in [5, 5.41) is 18.2. The molecule has 1 aromatic carbocycles. The predicted molar refractivity (Wildman–Crippen MR) is 98.7 cm³/mol. The number of H-pyrrole nitrogens is 1. The highest BCUT2D eigenvalue weighted by Crippen LogP contribution is 2.51. The fourth-order valence-corrected chi connectivity index (χ4v) is 4.76. The van der Waals surface area contributed by atoms with Crippen molar-refractivity contribution in [2.45, 2.75) is 18.4 Å². The monoisotopic (exact) mass is 381 g/mol. The van der Waals surface area contributed by atoms with Crippen molar-refractivity contribution in [3.8, 4) is 11.5 Å². The maximum Gasteiger partial charge on any atom is 0.274 e. The number of fused-ring (bicyclic) bond motifs is 1. The van der Waals surface area contributed by atoms with Gasteiger partial charge in [-0.15, -0.1) is 0 Å². The number of likely N-dealkylation sites (tertiary alicyclic amines) is 1. The first kappa shape index (κ1) is 17.2. The molecule has 2 aromatic heterocycles. The predicted octanol–water partition coefficient (Wildman–Crippen LogP) is 3.18. The molecule has 1 saturated carbocycles. The number of aromatic nitrogens is 2. The van der Waals surface area contributed by atoms with Crippen molar-refractivity contribution in [2.24, 2.45) is 11.8 Å². The van der Waals surface area contributed by atoms with Gasteiger partial charge in [0.15, 0.2) is 11.5 Å². The van der Waals surface area contributed by atoms with E-state index in [0.717, 1.165) is 6.42 Å². The molecule has 0 spiro atoms. The number of hydrogen-bond donors (Lipinski definition) is 2. The van der Waals surface area contributed by atoms with Gasteiger partial charge in [0.2, 0.25) is 0 Å². The molecule has 3 heterocycles. The van der Waals surface area contributed by atoms with Crippen LogP contribution in [0.2, 0.25) is 0 Å². The number of carbonyl (C=O) groups is 1. The Morgan fingerprint density at radius 1 is 1.29 bits per heavy atom. The lowest BCUT2D eigenvalue weighted by atomic mass is 9.82. The van der Waals surface area contributed by atoms with Gasteiger partial charge < -0.3 is 14.4 Å². The Hall–Kier alpha value is -2.93. The Bertz CT molecular complexity index is 1020. The van der Waals surface area contributed by atoms with Crippen LogP contribution in [0.4, 0.5) is 4.39 Å². The molecule has 144 valence electrons. The number of halogens is 1. The molecule has 3 atom stereocenters. The van der Waals surface area contributed by atoms with Gasteiger partial charge in [0.25, 0.3) is 5.91 Å². The number of aliphatic hydroxyl groups is 1. The van der Waals surface area contributed by atoms with E-state index in [1.165, 1.54) is 6.07 Å². The van der Waals surface area contributed by atoms with Crippen LogP contribution < -0.4 is 0 Å². The van der Waals surface area contributed by atoms with Crippen LogP contribution in [0.15, 0.2) is 53.1 Å². The molecule has 0 unspecified atom stereocenters. The highest BCUT2D eigenvalue weighted by Gasteiger charge is 2.54. The van der Waals surface area contributed by atoms with Gasteiger partial charge in [-0.1, -0.05) is 18.2 Å². The van der Waals surface area contributed by atoms with Gasteiger partial charge in [-0.25, -0.2) is 4.39 Å². The summed E-state index contributed by atoms with van der Waals surface area (Å²) in [6, 6.07) is 11.6. The van der Waals surface area contributed by atoms with Crippen molar-refractivity contribution in [3.05, 3.63) is 65.8 Å². The summed E-state index contributed by atoms with van der Waals surface area (Å²) in [6.07, 6.45) is 2.83. The standard InChI is InChI=1S/C21H20FN3O3/c22-16-5-2-1-4-14(16)21(27)8-7-13-11-25(12-15(13)21)20(26)18-10-17(23-24-18)19-6-3-9-28-19/h1-6,9-10,13,15,27H,7-8,11-12H2,(H,23,24)/t13-,15+,21+/m1/s1. The average molecular weight is 381 g/mol. The second-order valence-electron chi connectivity index (χ2n) is 7.66. The van der Waals surface area contributed by atoms with Crippen molar-refractivity contribution >= 4 is 5.91 Å². The molecule has 0 radical (unpaired) electrons. The minimum absolute atomic E-state index is 0.150. The molecule has 5 rings (SSSR count). The summed E-state index contributed by atoms with van der Waals surface area (Å²) in [6.45, 7) is 0.931. The van der Waals surface area contributed by atoms with E-state index in [-0.39, 0.29) is 17.7 Å². The maximum atomic E-state index is 14.3. The Morgan fingerprint density at radius 3 is 2.93 bits per heavy atom. The zero-order valence-corrected chi connectivity index (χ0v) is 15.1. The lowest BCUT2D eigenvalue weighted by Gasteiger charge is -2.31. The van der Waals surface area contributed by atoms with Crippen LogP contribution in [0, 0.1) is 17.7 Å². The van der Waals surface area contributed by atoms with E-state index in [9.17, 15) is 14.3 Å². The normalized spacial score (nSPS) is 26.6. The Morgan fingerprint density at radius 2 is 2.14 bits per heavy atom. The van der Waals surface area contributed by atoms with Gasteiger partial charge in [0.1, 0.15) is 11.5 Å². The fraction of sp³-hybridized carbons (Fsp3) is 0.333. The number of amides is 1. The van der Waals surface area contributed by atoms with Crippen molar-refractivity contribution in [1.29, 1.82) is 0 Å². The maximum absolute atomic E-state index is 14.3. The van der Waals surface area contributed by atoms with Crippen molar-refractivity contribution in [2.75, 3.05) is 13.1 Å². The summed E-state index contributed by atoms with van der Waals surface area (Å²) < 4.78 is 19.7. The van der Waals surface area contributed by atoms with Gasteiger partial charge in [-0.3, -0.25) is 9.89 Å². The minimum Gasteiger partial charge on any atom is -0.463 e. The Kier molecular flexibility index (Phi) is 3.87. The van der Waals surface area contributed by atoms with Gasteiger partial charge in [-0.05, 0) is 37.0 Å². The molecule has 2 N–H and O–H groups in total. The van der Waals surface area contributed by atoms with Gasteiger partial charge in [0.05, 0.1) is 11.9 Å². The largest absolute Gasteiger partial charge is 0.463 e. The lowest BCUT2D eigenvalue weighted by Crippen LogP contribution is -2.37. The van der Waals surface area contributed by atoms with E-state index in [0.29, 0.717) is 42.2 Å². The molecule has 3 aromatic rings. The average Bonchev–Trinajstić information content (AvgIpc) is 3.47. The highest BCUT2D eigenvalue weighted by molar-refractivity contribution is 5.93. The smallest absolute Gasteiger partial charge is 0.274 e. The first-order chi connectivity index (χ1) is 13.6. The summed E-state index contributed by atoms with van der Waals surface area (Å²) in [4.78, 5) is 14.6. The zero-order valence-electron chi connectivity index (χ0n) is 15.1. The second kappa shape index (κ2) is 6.31. The third-order valence-corrected chi connectivity index (χ3v) is 6.16. The highest BCUT2D eigenvalue weighted by atomic mass is 19.1. The summed E-state index contributed by atoms with van der Waals surface area (Å²) in [7, 11) is 0. The van der Waals surface area contributed by atoms with Crippen LogP contribution in [-0.4, -0.2) is 39.2 Å². The summed E-state index contributed by atoms with van der Waals surface area (Å²) in [5.41, 5.74) is 0.0312. The van der Waals surface area contributed by atoms with Crippen LogP contribution in [0.3, 0.4) is 0 Å². The topological polar surface area (TPSA) is 82.4 Å². The molecule has 1 amide bonds. The lowest BCUT2D eigenvalue weighted by molar-refractivity contribution is -0.00895. The number of aromatic amines is 1.